The second-order valence-electron chi connectivity index (χ2n) is 6.10. The molecular formula is C15H15N5O6S. The Morgan fingerprint density at radius 1 is 1.37 bits per heavy atom. The van der Waals surface area contributed by atoms with E-state index >= 15 is 0 Å². The number of hydrogen-bond acceptors (Lipinski definition) is 9. The van der Waals surface area contributed by atoms with Crippen molar-refractivity contribution in [3.8, 4) is 11.7 Å². The smallest absolute Gasteiger partial charge is 0.322 e. The monoisotopic (exact) mass is 393 g/mol. The second-order valence-corrected chi connectivity index (χ2v) is 8.33. The van der Waals surface area contributed by atoms with Gasteiger partial charge >= 0.3 is 6.01 Å². The number of hydrogen-bond donors (Lipinski definition) is 2. The molecule has 0 saturated carbocycles. The Morgan fingerprint density at radius 3 is 2.93 bits per heavy atom. The van der Waals surface area contributed by atoms with E-state index in [4.69, 9.17) is 8.83 Å². The molecule has 0 bridgehead atoms. The normalized spacial score (nSPS) is 21.6. The summed E-state index contributed by atoms with van der Waals surface area (Å²) in [6.07, 6.45) is 3.17. The van der Waals surface area contributed by atoms with Crippen LogP contribution in [0, 0.1) is 0 Å². The van der Waals surface area contributed by atoms with Gasteiger partial charge in [0.1, 0.15) is 5.70 Å². The summed E-state index contributed by atoms with van der Waals surface area (Å²) in [5.74, 6) is -0.538. The largest absolute Gasteiger partial charge is 0.459 e. The number of carbonyl (C=O) groups excluding carboxylic acids is 2. The minimum absolute atomic E-state index is 0.0198. The molecule has 2 aliphatic heterocycles. The molecule has 1 fully saturated rings. The van der Waals surface area contributed by atoms with E-state index in [1.165, 1.54) is 17.3 Å². The van der Waals surface area contributed by atoms with Crippen LogP contribution in [0.5, 0.6) is 0 Å². The fourth-order valence-corrected chi connectivity index (χ4v) is 4.58. The van der Waals surface area contributed by atoms with E-state index in [2.05, 4.69) is 20.9 Å². The number of aromatic nitrogens is 2. The van der Waals surface area contributed by atoms with Crippen molar-refractivity contribution in [2.75, 3.05) is 16.8 Å². The SMILES string of the molecule is O=C(Nc1nnc(-c2ccco2)o1)C1=CCC(=O)N([C@@H]2CCS(=O)(=O)C2)N1. The van der Waals surface area contributed by atoms with Gasteiger partial charge in [0.25, 0.3) is 11.8 Å². The van der Waals surface area contributed by atoms with Gasteiger partial charge in [-0.15, -0.1) is 5.10 Å². The lowest BCUT2D eigenvalue weighted by atomic mass is 10.2. The topological polar surface area (TPSA) is 148 Å². The molecule has 2 aliphatic rings. The number of sulfone groups is 1. The highest BCUT2D eigenvalue weighted by Crippen LogP contribution is 2.22. The molecule has 27 heavy (non-hydrogen) atoms. The van der Waals surface area contributed by atoms with E-state index < -0.39 is 21.8 Å². The van der Waals surface area contributed by atoms with E-state index in [0.29, 0.717) is 12.2 Å². The molecule has 4 rings (SSSR count). The third-order valence-electron chi connectivity index (χ3n) is 4.19. The van der Waals surface area contributed by atoms with E-state index in [0.717, 1.165) is 0 Å². The summed E-state index contributed by atoms with van der Waals surface area (Å²) >= 11 is 0. The second kappa shape index (κ2) is 6.54. The molecule has 2 N–H and O–H groups in total. The Balaban J connectivity index is 1.44. The average Bonchev–Trinajstić information content (AvgIpc) is 3.35. The highest BCUT2D eigenvalue weighted by Gasteiger charge is 2.37. The molecule has 0 aliphatic carbocycles. The van der Waals surface area contributed by atoms with Crippen molar-refractivity contribution in [2.45, 2.75) is 18.9 Å². The van der Waals surface area contributed by atoms with Crippen molar-refractivity contribution in [1.29, 1.82) is 0 Å². The van der Waals surface area contributed by atoms with Gasteiger partial charge in [-0.1, -0.05) is 5.10 Å². The van der Waals surface area contributed by atoms with Crippen LogP contribution in [0.3, 0.4) is 0 Å². The molecule has 2 amide bonds. The molecule has 1 atom stereocenters. The highest BCUT2D eigenvalue weighted by molar-refractivity contribution is 7.91. The lowest BCUT2D eigenvalue weighted by Gasteiger charge is -2.32. The maximum atomic E-state index is 12.4. The molecule has 0 unspecified atom stereocenters. The summed E-state index contributed by atoms with van der Waals surface area (Å²) in [5.41, 5.74) is 2.79. The predicted octanol–water partition coefficient (Wildman–Crippen LogP) is 0.0760. The summed E-state index contributed by atoms with van der Waals surface area (Å²) in [6.45, 7) is 0. The van der Waals surface area contributed by atoms with Crippen molar-refractivity contribution in [3.63, 3.8) is 0 Å². The fraction of sp³-hybridized carbons (Fsp3) is 0.333. The number of nitrogens with zero attached hydrogens (tertiary/aromatic N) is 3. The Morgan fingerprint density at radius 2 is 2.22 bits per heavy atom. The quantitative estimate of drug-likeness (QED) is 0.736. The Labute approximate surface area is 153 Å². The zero-order valence-electron chi connectivity index (χ0n) is 13.9. The summed E-state index contributed by atoms with van der Waals surface area (Å²) in [5, 5.41) is 11.1. The molecule has 2 aromatic rings. The molecule has 1 saturated heterocycles. The molecule has 4 heterocycles. The number of furan rings is 1. The zero-order chi connectivity index (χ0) is 19.0. The van der Waals surface area contributed by atoms with Gasteiger partial charge in [-0.05, 0) is 24.6 Å². The van der Waals surface area contributed by atoms with Gasteiger partial charge in [0.05, 0.1) is 23.8 Å². The van der Waals surface area contributed by atoms with E-state index in [9.17, 15) is 18.0 Å². The molecule has 0 spiro atoms. The molecule has 12 heteroatoms. The lowest BCUT2D eigenvalue weighted by molar-refractivity contribution is -0.136. The van der Waals surface area contributed by atoms with Crippen LogP contribution in [-0.2, 0) is 19.4 Å². The summed E-state index contributed by atoms with van der Waals surface area (Å²) in [7, 11) is -3.17. The zero-order valence-corrected chi connectivity index (χ0v) is 14.7. The number of rotatable bonds is 4. The minimum Gasteiger partial charge on any atom is -0.459 e. The number of nitrogens with one attached hydrogen (secondary N) is 2. The van der Waals surface area contributed by atoms with Crippen molar-refractivity contribution < 1.29 is 26.8 Å². The average molecular weight is 393 g/mol. The van der Waals surface area contributed by atoms with Crippen LogP contribution in [0.25, 0.3) is 11.7 Å². The highest BCUT2D eigenvalue weighted by atomic mass is 32.2. The van der Waals surface area contributed by atoms with Gasteiger partial charge in [0.15, 0.2) is 15.6 Å². The Hall–Kier alpha value is -3.15. The standard InChI is InChI=1S/C15H15N5O6S/c21-12-4-3-10(19-20(12)9-5-7-27(23,24)8-9)13(22)16-15-18-17-14(26-15)11-2-1-6-25-11/h1-3,6,9,19H,4-5,7-8H2,(H,16,18,22)/t9-/m1/s1. The van der Waals surface area contributed by atoms with Crippen molar-refractivity contribution in [1.82, 2.24) is 20.6 Å². The van der Waals surface area contributed by atoms with Gasteiger partial charge in [0.2, 0.25) is 5.91 Å². The van der Waals surface area contributed by atoms with Crippen LogP contribution in [-0.4, -0.2) is 53.0 Å². The Bertz CT molecular complexity index is 1010. The van der Waals surface area contributed by atoms with Gasteiger partial charge in [-0.3, -0.25) is 25.3 Å². The number of anilines is 1. The maximum Gasteiger partial charge on any atom is 0.322 e. The maximum absolute atomic E-state index is 12.4. The summed E-state index contributed by atoms with van der Waals surface area (Å²) in [6, 6.07) is 2.64. The van der Waals surface area contributed by atoms with Gasteiger partial charge < -0.3 is 8.83 Å². The summed E-state index contributed by atoms with van der Waals surface area (Å²) < 4.78 is 33.7. The van der Waals surface area contributed by atoms with Crippen LogP contribution < -0.4 is 10.7 Å². The number of amides is 2. The van der Waals surface area contributed by atoms with Crippen molar-refractivity contribution in [3.05, 3.63) is 30.2 Å². The van der Waals surface area contributed by atoms with Gasteiger partial charge in [-0.25, -0.2) is 8.42 Å². The third kappa shape index (κ3) is 3.56. The first-order valence-electron chi connectivity index (χ1n) is 8.09. The minimum atomic E-state index is -3.17. The first-order valence-corrected chi connectivity index (χ1v) is 9.91. The summed E-state index contributed by atoms with van der Waals surface area (Å²) in [4.78, 5) is 24.5. The van der Waals surface area contributed by atoms with Gasteiger partial charge in [-0.2, -0.15) is 0 Å². The van der Waals surface area contributed by atoms with Gasteiger partial charge in [0, 0.05) is 6.42 Å². The van der Waals surface area contributed by atoms with Crippen LogP contribution in [0.2, 0.25) is 0 Å². The predicted molar refractivity (Wildman–Crippen MR) is 90.4 cm³/mol. The van der Waals surface area contributed by atoms with Crippen molar-refractivity contribution >= 4 is 27.7 Å². The number of carbonyl (C=O) groups is 2. The molecular weight excluding hydrogens is 378 g/mol. The van der Waals surface area contributed by atoms with E-state index in [1.54, 1.807) is 12.1 Å². The van der Waals surface area contributed by atoms with Crippen LogP contribution >= 0.6 is 0 Å². The number of hydrazine groups is 1. The fourth-order valence-electron chi connectivity index (χ4n) is 2.88. The Kier molecular flexibility index (Phi) is 4.18. The first-order chi connectivity index (χ1) is 12.9. The molecule has 142 valence electrons. The third-order valence-corrected chi connectivity index (χ3v) is 5.94. The molecule has 0 radical (unpaired) electrons. The molecule has 0 aromatic carbocycles. The van der Waals surface area contributed by atoms with Crippen molar-refractivity contribution in [2.24, 2.45) is 0 Å². The lowest BCUT2D eigenvalue weighted by Crippen LogP contribution is -2.53. The van der Waals surface area contributed by atoms with E-state index in [-0.39, 0.29) is 41.4 Å². The molecule has 2 aromatic heterocycles. The van der Waals surface area contributed by atoms with Crippen LogP contribution in [0.1, 0.15) is 12.8 Å². The molecule has 11 nitrogen and oxygen atoms in total. The van der Waals surface area contributed by atoms with Crippen LogP contribution in [0.4, 0.5) is 6.01 Å². The first kappa shape index (κ1) is 17.3. The van der Waals surface area contributed by atoms with E-state index in [1.807, 2.05) is 0 Å². The van der Waals surface area contributed by atoms with Crippen LogP contribution in [0.15, 0.2) is 39.0 Å².